The Bertz CT molecular complexity index is 608. The maximum absolute atomic E-state index is 12.2. The fraction of sp³-hybridized carbons (Fsp3) is 0.500. The third-order valence-electron chi connectivity index (χ3n) is 3.52. The number of benzene rings is 1. The van der Waals surface area contributed by atoms with E-state index in [1.807, 2.05) is 23.1 Å². The van der Waals surface area contributed by atoms with E-state index in [4.69, 9.17) is 5.26 Å². The summed E-state index contributed by atoms with van der Waals surface area (Å²) in [6, 6.07) is 9.56. The summed E-state index contributed by atoms with van der Waals surface area (Å²) in [6.07, 6.45) is 0. The molecule has 2 rings (SSSR count). The van der Waals surface area contributed by atoms with Crippen LogP contribution in [-0.2, 0) is 16.4 Å². The van der Waals surface area contributed by atoms with Gasteiger partial charge in [-0.1, -0.05) is 25.1 Å². The molecule has 0 spiro atoms. The Balaban J connectivity index is 2.24. The third kappa shape index (κ3) is 3.35. The lowest BCUT2D eigenvalue weighted by atomic mass is 10.1. The van der Waals surface area contributed by atoms with Gasteiger partial charge in [0.2, 0.25) is 0 Å². The average molecular weight is 310 g/mol. The topological polar surface area (TPSA) is 61.2 Å². The van der Waals surface area contributed by atoms with E-state index in [9.17, 15) is 8.42 Å². The van der Waals surface area contributed by atoms with Crippen molar-refractivity contribution < 1.29 is 8.42 Å². The van der Waals surface area contributed by atoms with Crippen molar-refractivity contribution in [2.24, 2.45) is 0 Å². The molecule has 0 radical (unpaired) electrons. The average Bonchev–Trinajstić information content (AvgIpc) is 2.48. The molecule has 0 bridgehead atoms. The summed E-state index contributed by atoms with van der Waals surface area (Å²) < 4.78 is 24.4. The van der Waals surface area contributed by atoms with Gasteiger partial charge in [-0.15, -0.1) is 0 Å². The normalized spacial score (nSPS) is 20.5. The van der Waals surface area contributed by atoms with E-state index in [0.717, 1.165) is 17.9 Å². The monoisotopic (exact) mass is 310 g/mol. The van der Waals surface area contributed by atoms with Gasteiger partial charge in [0.05, 0.1) is 11.6 Å². The smallest absolute Gasteiger partial charge is 0.166 e. The highest BCUT2D eigenvalue weighted by atomic mass is 32.2. The molecule has 108 valence electrons. The Labute approximate surface area is 124 Å². The zero-order valence-electron chi connectivity index (χ0n) is 11.4. The van der Waals surface area contributed by atoms with Crippen LogP contribution in [0.2, 0.25) is 0 Å². The fourth-order valence-corrected chi connectivity index (χ4v) is 5.39. The Kier molecular flexibility index (Phi) is 5.08. The van der Waals surface area contributed by atoms with Crippen LogP contribution in [0.25, 0.3) is 0 Å². The predicted octanol–water partition coefficient (Wildman–Crippen LogP) is 1.87. The van der Waals surface area contributed by atoms with Crippen molar-refractivity contribution in [3.63, 3.8) is 0 Å². The summed E-state index contributed by atoms with van der Waals surface area (Å²) in [4.78, 5) is 1.99. The van der Waals surface area contributed by atoms with Gasteiger partial charge in [0.15, 0.2) is 9.84 Å². The Morgan fingerprint density at radius 3 is 2.90 bits per heavy atom. The molecule has 0 aliphatic carbocycles. The Morgan fingerprint density at radius 2 is 2.20 bits per heavy atom. The second-order valence-electron chi connectivity index (χ2n) is 4.72. The van der Waals surface area contributed by atoms with E-state index in [2.05, 4.69) is 6.07 Å². The van der Waals surface area contributed by atoms with Crippen LogP contribution in [0.1, 0.15) is 18.1 Å². The zero-order chi connectivity index (χ0) is 14.6. The lowest BCUT2D eigenvalue weighted by Gasteiger charge is -2.34. The molecule has 1 aliphatic rings. The van der Waals surface area contributed by atoms with Crippen LogP contribution in [0.3, 0.4) is 0 Å². The molecule has 0 aromatic heterocycles. The molecule has 1 unspecified atom stereocenters. The highest BCUT2D eigenvalue weighted by Crippen LogP contribution is 2.24. The van der Waals surface area contributed by atoms with E-state index < -0.39 is 15.2 Å². The van der Waals surface area contributed by atoms with E-state index in [1.54, 1.807) is 24.8 Å². The molecule has 6 heteroatoms. The summed E-state index contributed by atoms with van der Waals surface area (Å²) >= 11 is 1.68. The molecule has 1 aliphatic heterocycles. The van der Waals surface area contributed by atoms with Crippen LogP contribution in [0, 0.1) is 11.3 Å². The molecule has 1 aromatic carbocycles. The number of hydrogen-bond donors (Lipinski definition) is 0. The van der Waals surface area contributed by atoms with Crippen LogP contribution in [0.4, 0.5) is 0 Å². The van der Waals surface area contributed by atoms with Crippen LogP contribution in [0.5, 0.6) is 0 Å². The number of rotatable bonds is 4. The van der Waals surface area contributed by atoms with Crippen molar-refractivity contribution in [2.75, 3.05) is 23.8 Å². The summed E-state index contributed by atoms with van der Waals surface area (Å²) in [7, 11) is -3.09. The van der Waals surface area contributed by atoms with Crippen molar-refractivity contribution >= 4 is 21.6 Å². The van der Waals surface area contributed by atoms with Crippen LogP contribution in [0.15, 0.2) is 24.3 Å². The summed E-state index contributed by atoms with van der Waals surface area (Å²) in [5, 5.41) is 8.70. The van der Waals surface area contributed by atoms with Gasteiger partial charge < -0.3 is 0 Å². The molecule has 1 atom stereocenters. The maximum Gasteiger partial charge on any atom is 0.166 e. The zero-order valence-corrected chi connectivity index (χ0v) is 13.1. The molecule has 1 fully saturated rings. The van der Waals surface area contributed by atoms with E-state index in [-0.39, 0.29) is 5.75 Å². The van der Waals surface area contributed by atoms with Crippen molar-refractivity contribution in [3.05, 3.63) is 35.4 Å². The lowest BCUT2D eigenvalue weighted by molar-refractivity contribution is 0.261. The highest BCUT2D eigenvalue weighted by molar-refractivity contribution is 8.01. The molecule has 4 nitrogen and oxygen atoms in total. The second kappa shape index (κ2) is 6.61. The molecule has 0 saturated carbocycles. The van der Waals surface area contributed by atoms with E-state index >= 15 is 0 Å². The predicted molar refractivity (Wildman–Crippen MR) is 82.1 cm³/mol. The SMILES string of the molecule is CCS(=O)(=O)C1CSCCN1Cc1ccccc1C#N. The fourth-order valence-electron chi connectivity index (χ4n) is 2.31. The van der Waals surface area contributed by atoms with Crippen molar-refractivity contribution in [1.29, 1.82) is 5.26 Å². The standard InChI is InChI=1S/C14H18N2O2S2/c1-2-20(17,18)14-11-19-8-7-16(14)10-13-6-4-3-5-12(13)9-15/h3-6,14H,2,7-8,10-11H2,1H3. The third-order valence-corrected chi connectivity index (χ3v) is 6.85. The number of thioether (sulfide) groups is 1. The number of sulfone groups is 1. The summed E-state index contributed by atoms with van der Waals surface area (Å²) in [5.41, 5.74) is 1.52. The number of nitriles is 1. The largest absolute Gasteiger partial charge is 0.281 e. The van der Waals surface area contributed by atoms with Gasteiger partial charge in [0, 0.05) is 30.3 Å². The van der Waals surface area contributed by atoms with Gasteiger partial charge >= 0.3 is 0 Å². The number of hydrogen-bond acceptors (Lipinski definition) is 5. The van der Waals surface area contributed by atoms with Gasteiger partial charge in [0.25, 0.3) is 0 Å². The molecule has 0 N–H and O–H groups in total. The van der Waals surface area contributed by atoms with Gasteiger partial charge in [0.1, 0.15) is 5.37 Å². The van der Waals surface area contributed by atoms with E-state index in [1.165, 1.54) is 0 Å². The van der Waals surface area contributed by atoms with Crippen LogP contribution >= 0.6 is 11.8 Å². The highest BCUT2D eigenvalue weighted by Gasteiger charge is 2.32. The second-order valence-corrected chi connectivity index (χ2v) is 8.32. The first-order valence-corrected chi connectivity index (χ1v) is 9.47. The summed E-state index contributed by atoms with van der Waals surface area (Å²) in [5.74, 6) is 1.71. The van der Waals surface area contributed by atoms with Gasteiger partial charge in [-0.3, -0.25) is 4.90 Å². The minimum atomic E-state index is -3.09. The summed E-state index contributed by atoms with van der Waals surface area (Å²) in [6.45, 7) is 2.96. The molecule has 0 amide bonds. The van der Waals surface area contributed by atoms with Crippen LogP contribution in [-0.4, -0.2) is 42.5 Å². The number of nitrogens with zero attached hydrogens (tertiary/aromatic N) is 2. The first kappa shape index (κ1) is 15.4. The van der Waals surface area contributed by atoms with Crippen molar-refractivity contribution in [3.8, 4) is 6.07 Å². The molecule has 1 heterocycles. The van der Waals surface area contributed by atoms with Gasteiger partial charge in [-0.05, 0) is 11.6 Å². The van der Waals surface area contributed by atoms with Crippen molar-refractivity contribution in [2.45, 2.75) is 18.8 Å². The van der Waals surface area contributed by atoms with Gasteiger partial charge in [-0.25, -0.2) is 8.42 Å². The maximum atomic E-state index is 12.2. The van der Waals surface area contributed by atoms with Crippen molar-refractivity contribution in [1.82, 2.24) is 4.90 Å². The first-order chi connectivity index (χ1) is 9.58. The lowest BCUT2D eigenvalue weighted by Crippen LogP contribution is -2.47. The molecular weight excluding hydrogens is 292 g/mol. The molecule has 1 aromatic rings. The van der Waals surface area contributed by atoms with E-state index in [0.29, 0.717) is 17.9 Å². The van der Waals surface area contributed by atoms with Gasteiger partial charge in [-0.2, -0.15) is 17.0 Å². The quantitative estimate of drug-likeness (QED) is 0.849. The Hall–Kier alpha value is -1.03. The molecular formula is C14H18N2O2S2. The minimum absolute atomic E-state index is 0.161. The minimum Gasteiger partial charge on any atom is -0.281 e. The molecule has 1 saturated heterocycles. The Morgan fingerprint density at radius 1 is 1.45 bits per heavy atom. The first-order valence-electron chi connectivity index (χ1n) is 6.60. The molecule has 20 heavy (non-hydrogen) atoms. The van der Waals surface area contributed by atoms with Crippen LogP contribution < -0.4 is 0 Å².